The number of rotatable bonds is 3. The van der Waals surface area contributed by atoms with E-state index in [1.807, 2.05) is 6.92 Å². The van der Waals surface area contributed by atoms with Crippen LogP contribution >= 0.6 is 0 Å². The topological polar surface area (TPSA) is 104 Å². The molecule has 1 aromatic carbocycles. The maximum atomic E-state index is 12.4. The summed E-state index contributed by atoms with van der Waals surface area (Å²) in [5.41, 5.74) is 1.42. The molecule has 0 saturated carbocycles. The van der Waals surface area contributed by atoms with E-state index < -0.39 is 36.3 Å². The number of hydrogen-bond donors (Lipinski definition) is 1. The Morgan fingerprint density at radius 2 is 1.96 bits per heavy atom. The number of morpholine rings is 1. The second kappa shape index (κ2) is 6.04. The van der Waals surface area contributed by atoms with Gasteiger partial charge in [-0.3, -0.25) is 19.3 Å². The molecule has 1 N–H and O–H groups in total. The van der Waals surface area contributed by atoms with E-state index in [-0.39, 0.29) is 30.8 Å². The fourth-order valence-corrected chi connectivity index (χ4v) is 2.81. The lowest BCUT2D eigenvalue weighted by molar-refractivity contribution is -0.159. The molecular formula is C16H16N2O6. The van der Waals surface area contributed by atoms with Crippen LogP contribution in [0.5, 0.6) is 0 Å². The molecule has 3 amide bonds. The number of amides is 3. The Morgan fingerprint density at radius 1 is 1.25 bits per heavy atom. The van der Waals surface area contributed by atoms with Gasteiger partial charge in [-0.25, -0.2) is 4.79 Å². The molecule has 0 radical (unpaired) electrons. The number of imide groups is 1. The minimum atomic E-state index is -1.15. The number of hydrogen-bond acceptors (Lipinski definition) is 5. The molecule has 1 unspecified atom stereocenters. The number of carbonyl (C=O) groups excluding carboxylic acids is 3. The normalized spacial score (nSPS) is 20.3. The molecule has 3 rings (SSSR count). The number of aryl methyl sites for hydroxylation is 1. The molecule has 0 spiro atoms. The molecule has 2 heterocycles. The number of ether oxygens (including phenoxy) is 1. The third kappa shape index (κ3) is 2.76. The summed E-state index contributed by atoms with van der Waals surface area (Å²) in [6.45, 7) is 1.63. The van der Waals surface area contributed by atoms with Crippen molar-refractivity contribution in [2.75, 3.05) is 26.2 Å². The minimum Gasteiger partial charge on any atom is -0.479 e. The lowest BCUT2D eigenvalue weighted by Gasteiger charge is -2.31. The van der Waals surface area contributed by atoms with Crippen LogP contribution in [0, 0.1) is 6.92 Å². The van der Waals surface area contributed by atoms with Gasteiger partial charge in [-0.1, -0.05) is 11.6 Å². The van der Waals surface area contributed by atoms with E-state index in [0.29, 0.717) is 0 Å². The van der Waals surface area contributed by atoms with Crippen LogP contribution in [0.2, 0.25) is 0 Å². The van der Waals surface area contributed by atoms with Gasteiger partial charge in [-0.2, -0.15) is 0 Å². The quantitative estimate of drug-likeness (QED) is 0.775. The van der Waals surface area contributed by atoms with E-state index in [0.717, 1.165) is 10.5 Å². The molecule has 2 aliphatic rings. The van der Waals surface area contributed by atoms with Crippen LogP contribution in [0.3, 0.4) is 0 Å². The first kappa shape index (κ1) is 16.1. The first-order valence-corrected chi connectivity index (χ1v) is 7.47. The molecule has 1 aromatic rings. The number of benzene rings is 1. The highest BCUT2D eigenvalue weighted by molar-refractivity contribution is 6.22. The summed E-state index contributed by atoms with van der Waals surface area (Å²) >= 11 is 0. The molecule has 8 nitrogen and oxygen atoms in total. The highest BCUT2D eigenvalue weighted by Gasteiger charge is 2.38. The average Bonchev–Trinajstić information content (AvgIpc) is 2.79. The van der Waals surface area contributed by atoms with E-state index in [1.54, 1.807) is 18.2 Å². The molecule has 126 valence electrons. The van der Waals surface area contributed by atoms with Crippen LogP contribution < -0.4 is 0 Å². The van der Waals surface area contributed by atoms with E-state index >= 15 is 0 Å². The molecule has 1 atom stereocenters. The van der Waals surface area contributed by atoms with Gasteiger partial charge < -0.3 is 14.7 Å². The summed E-state index contributed by atoms with van der Waals surface area (Å²) < 4.78 is 5.05. The summed E-state index contributed by atoms with van der Waals surface area (Å²) in [6.07, 6.45) is -1.09. The van der Waals surface area contributed by atoms with Crippen molar-refractivity contribution < 1.29 is 29.0 Å². The average molecular weight is 332 g/mol. The van der Waals surface area contributed by atoms with Gasteiger partial charge in [0.25, 0.3) is 11.8 Å². The lowest BCUT2D eigenvalue weighted by atomic mass is 10.1. The predicted octanol–water partition coefficient (Wildman–Crippen LogP) is -0.0970. The maximum absolute atomic E-state index is 12.4. The Labute approximate surface area is 137 Å². The van der Waals surface area contributed by atoms with Crippen LogP contribution in [0.4, 0.5) is 0 Å². The zero-order valence-electron chi connectivity index (χ0n) is 13.0. The molecule has 2 aliphatic heterocycles. The standard InChI is InChI=1S/C16H16N2O6/c1-9-2-3-10-11(6-9)15(21)18(14(10)20)8-13(19)17-4-5-24-12(7-17)16(22)23/h2-3,6,12H,4-5,7-8H2,1H3,(H,22,23). The van der Waals surface area contributed by atoms with Gasteiger partial charge in [-0.05, 0) is 19.1 Å². The van der Waals surface area contributed by atoms with Crippen molar-refractivity contribution in [1.82, 2.24) is 9.80 Å². The van der Waals surface area contributed by atoms with Crippen LogP contribution in [-0.4, -0.2) is 70.9 Å². The summed E-state index contributed by atoms with van der Waals surface area (Å²) in [7, 11) is 0. The smallest absolute Gasteiger partial charge is 0.334 e. The van der Waals surface area contributed by atoms with E-state index in [1.165, 1.54) is 4.90 Å². The van der Waals surface area contributed by atoms with Gasteiger partial charge in [0.15, 0.2) is 6.10 Å². The number of aliphatic carboxylic acids is 1. The Bertz CT molecular complexity index is 744. The Hall–Kier alpha value is -2.74. The van der Waals surface area contributed by atoms with Gasteiger partial charge in [0, 0.05) is 6.54 Å². The maximum Gasteiger partial charge on any atom is 0.334 e. The number of fused-ring (bicyclic) bond motifs is 1. The Kier molecular flexibility index (Phi) is 4.06. The highest BCUT2D eigenvalue weighted by atomic mass is 16.5. The number of carbonyl (C=O) groups is 4. The second-order valence-electron chi connectivity index (χ2n) is 5.78. The molecule has 1 fully saturated rings. The lowest BCUT2D eigenvalue weighted by Crippen LogP contribution is -2.51. The van der Waals surface area contributed by atoms with Crippen molar-refractivity contribution in [2.45, 2.75) is 13.0 Å². The Balaban J connectivity index is 1.72. The van der Waals surface area contributed by atoms with E-state index in [9.17, 15) is 19.2 Å². The highest BCUT2D eigenvalue weighted by Crippen LogP contribution is 2.24. The summed E-state index contributed by atoms with van der Waals surface area (Å²) in [6, 6.07) is 4.93. The predicted molar refractivity (Wildman–Crippen MR) is 80.5 cm³/mol. The van der Waals surface area contributed by atoms with Gasteiger partial charge in [0.1, 0.15) is 6.54 Å². The van der Waals surface area contributed by atoms with Crippen LogP contribution in [0.25, 0.3) is 0 Å². The van der Waals surface area contributed by atoms with Crippen LogP contribution in [0.1, 0.15) is 26.3 Å². The fraction of sp³-hybridized carbons (Fsp3) is 0.375. The monoisotopic (exact) mass is 332 g/mol. The summed E-state index contributed by atoms with van der Waals surface area (Å²) in [5.74, 6) is -2.64. The largest absolute Gasteiger partial charge is 0.479 e. The molecule has 1 saturated heterocycles. The third-order valence-electron chi connectivity index (χ3n) is 4.11. The zero-order valence-corrected chi connectivity index (χ0v) is 13.0. The molecule has 0 aromatic heterocycles. The van der Waals surface area contributed by atoms with Crippen molar-refractivity contribution >= 4 is 23.7 Å². The van der Waals surface area contributed by atoms with Crippen molar-refractivity contribution in [3.63, 3.8) is 0 Å². The summed E-state index contributed by atoms with van der Waals surface area (Å²) in [4.78, 5) is 50.2. The molecule has 0 aliphatic carbocycles. The van der Waals surface area contributed by atoms with Gasteiger partial charge >= 0.3 is 5.97 Å². The molecule has 24 heavy (non-hydrogen) atoms. The van der Waals surface area contributed by atoms with Crippen molar-refractivity contribution in [3.05, 3.63) is 34.9 Å². The number of carboxylic acid groups (broad SMARTS) is 1. The number of carboxylic acids is 1. The van der Waals surface area contributed by atoms with Crippen LogP contribution in [-0.2, 0) is 14.3 Å². The molecular weight excluding hydrogens is 316 g/mol. The van der Waals surface area contributed by atoms with Crippen molar-refractivity contribution in [2.24, 2.45) is 0 Å². The van der Waals surface area contributed by atoms with Gasteiger partial charge in [0.05, 0.1) is 24.3 Å². The third-order valence-corrected chi connectivity index (χ3v) is 4.11. The van der Waals surface area contributed by atoms with Crippen LogP contribution in [0.15, 0.2) is 18.2 Å². The second-order valence-corrected chi connectivity index (χ2v) is 5.78. The first-order valence-electron chi connectivity index (χ1n) is 7.47. The van der Waals surface area contributed by atoms with E-state index in [4.69, 9.17) is 9.84 Å². The molecule has 0 bridgehead atoms. The molecule has 8 heteroatoms. The zero-order chi connectivity index (χ0) is 17.4. The van der Waals surface area contributed by atoms with Crippen molar-refractivity contribution in [1.29, 1.82) is 0 Å². The van der Waals surface area contributed by atoms with Crippen molar-refractivity contribution in [3.8, 4) is 0 Å². The fourth-order valence-electron chi connectivity index (χ4n) is 2.81. The summed E-state index contributed by atoms with van der Waals surface area (Å²) in [5, 5.41) is 8.97. The van der Waals surface area contributed by atoms with E-state index in [2.05, 4.69) is 0 Å². The number of nitrogens with zero attached hydrogens (tertiary/aromatic N) is 2. The Morgan fingerprint density at radius 3 is 2.67 bits per heavy atom. The minimum absolute atomic E-state index is 0.101. The van der Waals surface area contributed by atoms with Gasteiger partial charge in [0.2, 0.25) is 5.91 Å². The SMILES string of the molecule is Cc1ccc2c(c1)C(=O)N(CC(=O)N1CCOC(C(=O)O)C1)C2=O. The first-order chi connectivity index (χ1) is 11.4. The van der Waals surface area contributed by atoms with Gasteiger partial charge in [-0.15, -0.1) is 0 Å².